The number of aliphatic carboxylic acids is 1. The van der Waals surface area contributed by atoms with Crippen molar-refractivity contribution in [2.45, 2.75) is 18.7 Å². The van der Waals surface area contributed by atoms with Crippen molar-refractivity contribution in [3.8, 4) is 0 Å². The SMILES string of the molecule is O=C([O-])C1/C(=C/c2ccc([N+](=O)[O-])cc2)OC2CC(=O)N21.[Na+]. The summed E-state index contributed by atoms with van der Waals surface area (Å²) in [4.78, 5) is 33.7. The van der Waals surface area contributed by atoms with Gasteiger partial charge in [0.05, 0.1) is 17.3 Å². The predicted octanol–water partition coefficient (Wildman–Crippen LogP) is -3.35. The summed E-state index contributed by atoms with van der Waals surface area (Å²) in [7, 11) is 0. The summed E-state index contributed by atoms with van der Waals surface area (Å²) >= 11 is 0. The Morgan fingerprint density at radius 2 is 2.00 bits per heavy atom. The molecule has 2 fully saturated rings. The van der Waals surface area contributed by atoms with Gasteiger partial charge in [-0.1, -0.05) is 0 Å². The van der Waals surface area contributed by atoms with Crippen LogP contribution in [-0.2, 0) is 14.3 Å². The van der Waals surface area contributed by atoms with E-state index < -0.39 is 23.2 Å². The van der Waals surface area contributed by atoms with Crippen molar-refractivity contribution in [1.29, 1.82) is 0 Å². The molecule has 1 amide bonds. The van der Waals surface area contributed by atoms with Crippen LogP contribution in [-0.4, -0.2) is 34.0 Å². The maximum Gasteiger partial charge on any atom is 1.00 e. The first-order valence-corrected chi connectivity index (χ1v) is 6.12. The summed E-state index contributed by atoms with van der Waals surface area (Å²) in [5, 5.41) is 21.7. The second-order valence-corrected chi connectivity index (χ2v) is 4.69. The minimum absolute atomic E-state index is 0. The Bertz CT molecular complexity index is 672. The fraction of sp³-hybridized carbons (Fsp3) is 0.231. The van der Waals surface area contributed by atoms with Gasteiger partial charge in [-0.05, 0) is 23.8 Å². The topological polar surface area (TPSA) is 113 Å². The van der Waals surface area contributed by atoms with Gasteiger partial charge in [0.2, 0.25) is 5.91 Å². The van der Waals surface area contributed by atoms with Gasteiger partial charge in [-0.2, -0.15) is 0 Å². The van der Waals surface area contributed by atoms with Gasteiger partial charge < -0.3 is 14.6 Å². The van der Waals surface area contributed by atoms with Crippen molar-refractivity contribution in [3.63, 3.8) is 0 Å². The predicted molar refractivity (Wildman–Crippen MR) is 66.2 cm³/mol. The minimum atomic E-state index is -1.42. The third-order valence-corrected chi connectivity index (χ3v) is 3.40. The Morgan fingerprint density at radius 1 is 1.36 bits per heavy atom. The molecule has 3 rings (SSSR count). The second-order valence-electron chi connectivity index (χ2n) is 4.69. The van der Waals surface area contributed by atoms with Gasteiger partial charge in [0.1, 0.15) is 11.8 Å². The summed E-state index contributed by atoms with van der Waals surface area (Å²) in [6.45, 7) is 0. The number of carboxylic acids is 1. The molecule has 1 aromatic rings. The monoisotopic (exact) mass is 312 g/mol. The first kappa shape index (κ1) is 16.5. The Labute approximate surface area is 146 Å². The Hall–Kier alpha value is -1.90. The summed E-state index contributed by atoms with van der Waals surface area (Å²) in [5.41, 5.74) is 0.469. The molecule has 2 aliphatic rings. The minimum Gasteiger partial charge on any atom is -0.547 e. The number of carboxylic acid groups (broad SMARTS) is 1. The van der Waals surface area contributed by atoms with Crippen LogP contribution >= 0.6 is 0 Å². The maximum absolute atomic E-state index is 11.4. The molecule has 9 heteroatoms. The first-order chi connectivity index (χ1) is 9.97. The van der Waals surface area contributed by atoms with Crippen LogP contribution in [0.5, 0.6) is 0 Å². The van der Waals surface area contributed by atoms with E-state index in [1.165, 1.54) is 30.3 Å². The van der Waals surface area contributed by atoms with Crippen molar-refractivity contribution >= 4 is 23.6 Å². The van der Waals surface area contributed by atoms with Crippen LogP contribution in [0.1, 0.15) is 12.0 Å². The molecule has 2 unspecified atom stereocenters. The number of ether oxygens (including phenoxy) is 1. The standard InChI is InChI=1S/C13H10N2O6.Na/c16-10-6-11-14(10)12(13(17)18)9(21-11)5-7-1-3-8(4-2-7)15(19)20;/h1-5,11-12H,6H2,(H,17,18);/q;+1/p-1/b9-5-;. The first-order valence-electron chi connectivity index (χ1n) is 6.12. The molecule has 2 saturated heterocycles. The van der Waals surface area contributed by atoms with Gasteiger partial charge in [-0.3, -0.25) is 19.8 Å². The Balaban J connectivity index is 0.00000176. The molecule has 0 bridgehead atoms. The number of nitrogens with zero attached hydrogens (tertiary/aromatic N) is 2. The van der Waals surface area contributed by atoms with E-state index in [0.29, 0.717) is 5.56 Å². The zero-order valence-electron chi connectivity index (χ0n) is 11.6. The van der Waals surface area contributed by atoms with Gasteiger partial charge in [0, 0.05) is 12.1 Å². The molecule has 0 radical (unpaired) electrons. The number of hydrogen-bond acceptors (Lipinski definition) is 6. The molecule has 0 spiro atoms. The molecule has 22 heavy (non-hydrogen) atoms. The average molecular weight is 312 g/mol. The molecular weight excluding hydrogens is 303 g/mol. The second kappa shape index (κ2) is 6.07. The van der Waals surface area contributed by atoms with Crippen LogP contribution in [0, 0.1) is 10.1 Å². The van der Waals surface area contributed by atoms with Crippen molar-refractivity contribution in [3.05, 3.63) is 45.7 Å². The number of nitro benzene ring substituents is 1. The number of benzene rings is 1. The number of hydrogen-bond donors (Lipinski definition) is 0. The van der Waals surface area contributed by atoms with Crippen LogP contribution in [0.3, 0.4) is 0 Å². The van der Waals surface area contributed by atoms with Crippen molar-refractivity contribution < 1.29 is 53.9 Å². The van der Waals surface area contributed by atoms with Gasteiger partial charge in [-0.25, -0.2) is 0 Å². The number of carbonyl (C=O) groups excluding carboxylic acids is 2. The fourth-order valence-electron chi connectivity index (χ4n) is 2.37. The largest absolute Gasteiger partial charge is 1.00 e. The molecule has 0 saturated carbocycles. The van der Waals surface area contributed by atoms with Gasteiger partial charge >= 0.3 is 29.6 Å². The summed E-state index contributed by atoms with van der Waals surface area (Å²) in [6.07, 6.45) is 1.02. The van der Waals surface area contributed by atoms with E-state index in [1.807, 2.05) is 0 Å². The van der Waals surface area contributed by atoms with E-state index in [4.69, 9.17) is 4.74 Å². The Kier molecular flexibility index (Phi) is 4.55. The number of nitro groups is 1. The number of rotatable bonds is 3. The van der Waals surface area contributed by atoms with Gasteiger partial charge in [0.25, 0.3) is 5.69 Å². The zero-order valence-corrected chi connectivity index (χ0v) is 13.6. The summed E-state index contributed by atoms with van der Waals surface area (Å²) in [5.74, 6) is -1.63. The van der Waals surface area contributed by atoms with Crippen molar-refractivity contribution in [1.82, 2.24) is 4.90 Å². The van der Waals surface area contributed by atoms with E-state index in [1.54, 1.807) is 0 Å². The molecule has 0 N–H and O–H groups in total. The number of amides is 1. The molecule has 2 heterocycles. The molecule has 0 aromatic heterocycles. The molecule has 2 atom stereocenters. The molecule has 2 aliphatic heterocycles. The number of non-ortho nitro benzene ring substituents is 1. The van der Waals surface area contributed by atoms with Crippen LogP contribution < -0.4 is 34.7 Å². The summed E-state index contributed by atoms with van der Waals surface area (Å²) in [6, 6.07) is 4.30. The molecule has 8 nitrogen and oxygen atoms in total. The maximum atomic E-state index is 11.4. The van der Waals surface area contributed by atoms with Crippen molar-refractivity contribution in [2.24, 2.45) is 0 Å². The van der Waals surface area contributed by atoms with E-state index >= 15 is 0 Å². The molecule has 108 valence electrons. The third kappa shape index (κ3) is 2.72. The number of fused-ring (bicyclic) bond motifs is 1. The van der Waals surface area contributed by atoms with Gasteiger partial charge in [-0.15, -0.1) is 0 Å². The van der Waals surface area contributed by atoms with Gasteiger partial charge in [0.15, 0.2) is 6.23 Å². The normalized spacial score (nSPS) is 24.1. The van der Waals surface area contributed by atoms with Crippen LogP contribution in [0.15, 0.2) is 30.0 Å². The van der Waals surface area contributed by atoms with Crippen molar-refractivity contribution in [2.75, 3.05) is 0 Å². The number of β-lactam (4-membered cyclic amide) rings is 1. The quantitative estimate of drug-likeness (QED) is 0.249. The number of carbonyl (C=O) groups is 2. The van der Waals surface area contributed by atoms with Crippen LogP contribution in [0.4, 0.5) is 5.69 Å². The summed E-state index contributed by atoms with van der Waals surface area (Å²) < 4.78 is 5.40. The average Bonchev–Trinajstić information content (AvgIpc) is 2.72. The molecule has 1 aromatic carbocycles. The van der Waals surface area contributed by atoms with Crippen LogP contribution in [0.2, 0.25) is 0 Å². The van der Waals surface area contributed by atoms with E-state index in [9.17, 15) is 24.8 Å². The van der Waals surface area contributed by atoms with Crippen LogP contribution in [0.25, 0.3) is 6.08 Å². The molecular formula is C13H9N2NaO6. The zero-order chi connectivity index (χ0) is 15.1. The molecule has 0 aliphatic carbocycles. The van der Waals surface area contributed by atoms with E-state index in [0.717, 1.165) is 4.90 Å². The fourth-order valence-corrected chi connectivity index (χ4v) is 2.37. The van der Waals surface area contributed by atoms with E-state index in [2.05, 4.69) is 0 Å². The smallest absolute Gasteiger partial charge is 0.547 e. The Morgan fingerprint density at radius 3 is 2.50 bits per heavy atom. The third-order valence-electron chi connectivity index (χ3n) is 3.40. The van der Waals surface area contributed by atoms with E-state index in [-0.39, 0.29) is 53.3 Å².